The van der Waals surface area contributed by atoms with E-state index in [0.29, 0.717) is 18.1 Å². The molecule has 0 spiro atoms. The quantitative estimate of drug-likeness (QED) is 0.792. The van der Waals surface area contributed by atoms with Crippen LogP contribution in [0.25, 0.3) is 0 Å². The Balaban J connectivity index is 0.00000112. The van der Waals surface area contributed by atoms with Crippen molar-refractivity contribution in [1.29, 1.82) is 0 Å². The van der Waals surface area contributed by atoms with Crippen LogP contribution < -0.4 is 0 Å². The molecule has 0 radical (unpaired) electrons. The molecule has 3 heteroatoms. The van der Waals surface area contributed by atoms with Gasteiger partial charge in [0.05, 0.1) is 0 Å². The molecular weight excluding hydrogens is 210 g/mol. The molecule has 0 amide bonds. The Morgan fingerprint density at radius 3 is 2.67 bits per heavy atom. The van der Waals surface area contributed by atoms with Gasteiger partial charge in [0.2, 0.25) is 0 Å². The smallest absolute Gasteiger partial charge is 0.141 e. The Morgan fingerprint density at radius 1 is 1.33 bits per heavy atom. The lowest BCUT2D eigenvalue weighted by molar-refractivity contribution is -0.122. The molecule has 0 saturated heterocycles. The largest absolute Gasteiger partial charge is 0.299 e. The van der Waals surface area contributed by atoms with E-state index in [2.05, 4.69) is 4.98 Å². The third-order valence-corrected chi connectivity index (χ3v) is 2.89. The molecule has 0 aromatic carbocycles. The minimum atomic E-state index is 0. The van der Waals surface area contributed by atoms with Crippen molar-refractivity contribution < 1.29 is 4.79 Å². The first kappa shape index (κ1) is 12.2. The second kappa shape index (κ2) is 5.86. The highest BCUT2D eigenvalue weighted by Crippen LogP contribution is 2.26. The summed E-state index contributed by atoms with van der Waals surface area (Å²) in [6.07, 6.45) is 6.89. The minimum absolute atomic E-state index is 0. The molecule has 1 fully saturated rings. The zero-order valence-electron chi connectivity index (χ0n) is 8.69. The summed E-state index contributed by atoms with van der Waals surface area (Å²) < 4.78 is 0. The van der Waals surface area contributed by atoms with Gasteiger partial charge in [-0.15, -0.1) is 12.4 Å². The fourth-order valence-corrected chi connectivity index (χ4v) is 2.07. The first-order valence-electron chi connectivity index (χ1n) is 5.29. The number of ketones is 1. The third kappa shape index (κ3) is 3.31. The molecule has 1 aromatic rings. The Bertz CT molecular complexity index is 307. The molecule has 0 bridgehead atoms. The summed E-state index contributed by atoms with van der Waals surface area (Å²) in [7, 11) is 0. The molecular formula is C12H16ClNO. The van der Waals surface area contributed by atoms with Crippen molar-refractivity contribution >= 4 is 18.2 Å². The molecule has 1 heterocycles. The number of nitrogens with zero attached hydrogens (tertiary/aromatic N) is 1. The number of pyridine rings is 1. The van der Waals surface area contributed by atoms with Gasteiger partial charge in [0.1, 0.15) is 5.78 Å². The Hall–Kier alpha value is -0.890. The van der Waals surface area contributed by atoms with Crippen molar-refractivity contribution in [3.05, 3.63) is 30.1 Å². The predicted octanol–water partition coefficient (Wildman–Crippen LogP) is 2.81. The lowest BCUT2D eigenvalue weighted by Crippen LogP contribution is -2.13. The zero-order valence-corrected chi connectivity index (χ0v) is 9.50. The lowest BCUT2D eigenvalue weighted by atomic mass is 9.99. The first-order chi connectivity index (χ1) is 6.86. The van der Waals surface area contributed by atoms with Crippen molar-refractivity contribution in [2.24, 2.45) is 5.92 Å². The van der Waals surface area contributed by atoms with Crippen LogP contribution in [-0.2, 0) is 11.2 Å². The van der Waals surface area contributed by atoms with Gasteiger partial charge >= 0.3 is 0 Å². The number of rotatable bonds is 3. The van der Waals surface area contributed by atoms with Crippen LogP contribution in [0.15, 0.2) is 24.4 Å². The summed E-state index contributed by atoms with van der Waals surface area (Å²) in [6, 6.07) is 5.74. The highest BCUT2D eigenvalue weighted by atomic mass is 35.5. The molecule has 15 heavy (non-hydrogen) atoms. The molecule has 0 aliphatic heterocycles. The van der Waals surface area contributed by atoms with Crippen LogP contribution in [0.1, 0.15) is 31.4 Å². The number of aromatic nitrogens is 1. The molecule has 0 atom stereocenters. The topological polar surface area (TPSA) is 30.0 Å². The maximum absolute atomic E-state index is 11.8. The summed E-state index contributed by atoms with van der Waals surface area (Å²) in [4.78, 5) is 15.9. The van der Waals surface area contributed by atoms with Crippen LogP contribution in [0, 0.1) is 5.92 Å². The minimum Gasteiger partial charge on any atom is -0.299 e. The first-order valence-corrected chi connectivity index (χ1v) is 5.29. The number of carbonyl (C=O) groups is 1. The van der Waals surface area contributed by atoms with E-state index in [-0.39, 0.29) is 12.4 Å². The van der Waals surface area contributed by atoms with E-state index in [0.717, 1.165) is 18.5 Å². The van der Waals surface area contributed by atoms with Crippen LogP contribution in [0.2, 0.25) is 0 Å². The standard InChI is InChI=1S/C12H15NO.ClH/c14-12(10-5-1-2-6-10)9-11-7-3-4-8-13-11;/h3-4,7-8,10H,1-2,5-6,9H2;1H. The number of Topliss-reactive ketones (excluding diaryl/α,β-unsaturated/α-hetero) is 1. The van der Waals surface area contributed by atoms with Gasteiger partial charge in [0, 0.05) is 24.2 Å². The number of halogens is 1. The number of carbonyl (C=O) groups excluding carboxylic acids is 1. The maximum atomic E-state index is 11.8. The van der Waals surface area contributed by atoms with Crippen molar-refractivity contribution in [3.8, 4) is 0 Å². The molecule has 0 unspecified atom stereocenters. The van der Waals surface area contributed by atoms with Crippen molar-refractivity contribution in [2.45, 2.75) is 32.1 Å². The van der Waals surface area contributed by atoms with E-state index in [4.69, 9.17) is 0 Å². The zero-order chi connectivity index (χ0) is 9.80. The second-order valence-corrected chi connectivity index (χ2v) is 3.95. The van der Waals surface area contributed by atoms with Crippen LogP contribution in [-0.4, -0.2) is 10.8 Å². The van der Waals surface area contributed by atoms with Crippen LogP contribution in [0.3, 0.4) is 0 Å². The summed E-state index contributed by atoms with van der Waals surface area (Å²) in [6.45, 7) is 0. The van der Waals surface area contributed by atoms with Gasteiger partial charge in [-0.1, -0.05) is 18.9 Å². The average Bonchev–Trinajstić information content (AvgIpc) is 2.72. The summed E-state index contributed by atoms with van der Waals surface area (Å²) >= 11 is 0. The molecule has 2 rings (SSSR count). The van der Waals surface area contributed by atoms with Gasteiger partial charge in [0.25, 0.3) is 0 Å². The number of hydrogen-bond donors (Lipinski definition) is 0. The fraction of sp³-hybridized carbons (Fsp3) is 0.500. The Kier molecular flexibility index (Phi) is 4.76. The SMILES string of the molecule is Cl.O=C(Cc1ccccn1)C1CCCC1. The monoisotopic (exact) mass is 225 g/mol. The number of hydrogen-bond acceptors (Lipinski definition) is 2. The molecule has 1 aliphatic rings. The van der Waals surface area contributed by atoms with Gasteiger partial charge in [0.15, 0.2) is 0 Å². The molecule has 0 N–H and O–H groups in total. The molecule has 82 valence electrons. The van der Waals surface area contributed by atoms with Gasteiger partial charge in [-0.2, -0.15) is 0 Å². The molecule has 2 nitrogen and oxygen atoms in total. The summed E-state index contributed by atoms with van der Waals surface area (Å²) in [5.74, 6) is 0.693. The van der Waals surface area contributed by atoms with Gasteiger partial charge in [-0.3, -0.25) is 9.78 Å². The second-order valence-electron chi connectivity index (χ2n) is 3.95. The highest BCUT2D eigenvalue weighted by molar-refractivity contribution is 5.85. The third-order valence-electron chi connectivity index (χ3n) is 2.89. The van der Waals surface area contributed by atoms with Crippen LogP contribution in [0.4, 0.5) is 0 Å². The summed E-state index contributed by atoms with van der Waals surface area (Å²) in [5, 5.41) is 0. The van der Waals surface area contributed by atoms with E-state index < -0.39 is 0 Å². The normalized spacial score (nSPS) is 16.0. The van der Waals surface area contributed by atoms with E-state index >= 15 is 0 Å². The summed E-state index contributed by atoms with van der Waals surface area (Å²) in [5.41, 5.74) is 0.907. The lowest BCUT2D eigenvalue weighted by Gasteiger charge is -2.06. The maximum Gasteiger partial charge on any atom is 0.141 e. The van der Waals surface area contributed by atoms with Gasteiger partial charge in [-0.25, -0.2) is 0 Å². The van der Waals surface area contributed by atoms with E-state index in [1.54, 1.807) is 6.20 Å². The van der Waals surface area contributed by atoms with E-state index in [9.17, 15) is 4.79 Å². The van der Waals surface area contributed by atoms with Crippen LogP contribution in [0.5, 0.6) is 0 Å². The van der Waals surface area contributed by atoms with E-state index in [1.165, 1.54) is 12.8 Å². The Labute approximate surface area is 96.5 Å². The van der Waals surface area contributed by atoms with Crippen molar-refractivity contribution in [3.63, 3.8) is 0 Å². The molecule has 1 saturated carbocycles. The molecule has 1 aliphatic carbocycles. The predicted molar refractivity (Wildman–Crippen MR) is 62.2 cm³/mol. The van der Waals surface area contributed by atoms with Gasteiger partial charge in [-0.05, 0) is 25.0 Å². The average molecular weight is 226 g/mol. The highest BCUT2D eigenvalue weighted by Gasteiger charge is 2.22. The van der Waals surface area contributed by atoms with Gasteiger partial charge < -0.3 is 0 Å². The van der Waals surface area contributed by atoms with E-state index in [1.807, 2.05) is 18.2 Å². The van der Waals surface area contributed by atoms with Crippen molar-refractivity contribution in [1.82, 2.24) is 4.98 Å². The Morgan fingerprint density at radius 2 is 2.07 bits per heavy atom. The van der Waals surface area contributed by atoms with Crippen molar-refractivity contribution in [2.75, 3.05) is 0 Å². The fourth-order valence-electron chi connectivity index (χ4n) is 2.07. The molecule has 1 aromatic heterocycles. The van der Waals surface area contributed by atoms with Crippen LogP contribution >= 0.6 is 12.4 Å².